The number of benzene rings is 1. The van der Waals surface area contributed by atoms with E-state index in [0.29, 0.717) is 48.8 Å². The summed E-state index contributed by atoms with van der Waals surface area (Å²) < 4.78 is 18.7. The van der Waals surface area contributed by atoms with Crippen LogP contribution in [0.25, 0.3) is 0 Å². The molecule has 2 heterocycles. The minimum Gasteiger partial charge on any atom is -0.444 e. The molecule has 132 valence electrons. The molecule has 0 aliphatic carbocycles. The fraction of sp³-hybridized carbons (Fsp3) is 0.294. The van der Waals surface area contributed by atoms with Gasteiger partial charge in [-0.3, -0.25) is 9.59 Å². The van der Waals surface area contributed by atoms with E-state index in [4.69, 9.17) is 4.42 Å². The second-order valence-electron chi connectivity index (χ2n) is 5.88. The summed E-state index contributed by atoms with van der Waals surface area (Å²) in [5.74, 6) is -0.297. The Morgan fingerprint density at radius 3 is 2.44 bits per heavy atom. The Morgan fingerprint density at radius 2 is 1.84 bits per heavy atom. The van der Waals surface area contributed by atoms with Gasteiger partial charge in [0.25, 0.3) is 11.8 Å². The molecule has 1 aromatic carbocycles. The molecule has 6 nitrogen and oxygen atoms in total. The zero-order valence-corrected chi connectivity index (χ0v) is 15.0. The van der Waals surface area contributed by atoms with E-state index in [-0.39, 0.29) is 17.6 Å². The smallest absolute Gasteiger partial charge is 0.290 e. The highest BCUT2D eigenvalue weighted by Gasteiger charge is 2.27. The van der Waals surface area contributed by atoms with Gasteiger partial charge in [-0.15, -0.1) is 0 Å². The van der Waals surface area contributed by atoms with E-state index < -0.39 is 0 Å². The van der Waals surface area contributed by atoms with Crippen LogP contribution in [-0.2, 0) is 4.79 Å². The SMILES string of the molecule is O=C(C[NH+]1CCN(C(=O)c2ccc(Br)o2)CC1)Nc1ccc(F)cc1. The lowest BCUT2D eigenvalue weighted by atomic mass is 10.2. The Labute approximate surface area is 152 Å². The second kappa shape index (κ2) is 7.79. The summed E-state index contributed by atoms with van der Waals surface area (Å²) in [5, 5.41) is 2.75. The minimum absolute atomic E-state index is 0.128. The summed E-state index contributed by atoms with van der Waals surface area (Å²) in [6.07, 6.45) is 0. The number of furan rings is 1. The van der Waals surface area contributed by atoms with Gasteiger partial charge in [0.15, 0.2) is 17.0 Å². The van der Waals surface area contributed by atoms with Crippen molar-refractivity contribution < 1.29 is 23.3 Å². The highest BCUT2D eigenvalue weighted by molar-refractivity contribution is 9.10. The lowest BCUT2D eigenvalue weighted by Gasteiger charge is -2.31. The molecule has 1 aromatic heterocycles. The Balaban J connectivity index is 1.46. The van der Waals surface area contributed by atoms with Gasteiger partial charge in [-0.25, -0.2) is 4.39 Å². The van der Waals surface area contributed by atoms with Crippen LogP contribution in [-0.4, -0.2) is 49.4 Å². The third-order valence-corrected chi connectivity index (χ3v) is 4.51. The molecule has 1 saturated heterocycles. The third-order valence-electron chi connectivity index (χ3n) is 4.08. The molecule has 0 bridgehead atoms. The van der Waals surface area contributed by atoms with Crippen LogP contribution in [0.15, 0.2) is 45.5 Å². The fourth-order valence-corrected chi connectivity index (χ4v) is 3.06. The van der Waals surface area contributed by atoms with Crippen molar-refractivity contribution in [2.75, 3.05) is 38.0 Å². The first-order valence-corrected chi connectivity index (χ1v) is 8.74. The normalized spacial score (nSPS) is 15.2. The van der Waals surface area contributed by atoms with E-state index in [0.717, 1.165) is 4.90 Å². The molecular formula is C17H18BrFN3O3+. The van der Waals surface area contributed by atoms with Crippen molar-refractivity contribution in [3.8, 4) is 0 Å². The molecule has 0 radical (unpaired) electrons. The van der Waals surface area contributed by atoms with Gasteiger partial charge in [-0.2, -0.15) is 0 Å². The van der Waals surface area contributed by atoms with E-state index in [1.165, 1.54) is 24.3 Å². The zero-order chi connectivity index (χ0) is 17.8. The van der Waals surface area contributed by atoms with Gasteiger partial charge < -0.3 is 19.5 Å². The highest BCUT2D eigenvalue weighted by atomic mass is 79.9. The molecule has 2 N–H and O–H groups in total. The van der Waals surface area contributed by atoms with Gasteiger partial charge in [0.05, 0.1) is 26.2 Å². The van der Waals surface area contributed by atoms with Gasteiger partial charge >= 0.3 is 0 Å². The number of anilines is 1. The van der Waals surface area contributed by atoms with Crippen molar-refractivity contribution in [1.29, 1.82) is 0 Å². The fourth-order valence-electron chi connectivity index (χ4n) is 2.75. The average molecular weight is 411 g/mol. The average Bonchev–Trinajstić information content (AvgIpc) is 3.03. The van der Waals surface area contributed by atoms with Crippen LogP contribution < -0.4 is 10.2 Å². The summed E-state index contributed by atoms with van der Waals surface area (Å²) in [4.78, 5) is 27.2. The summed E-state index contributed by atoms with van der Waals surface area (Å²) in [6, 6.07) is 9.00. The number of piperazine rings is 1. The van der Waals surface area contributed by atoms with E-state index in [1.54, 1.807) is 17.0 Å². The second-order valence-corrected chi connectivity index (χ2v) is 6.66. The summed E-state index contributed by atoms with van der Waals surface area (Å²) in [7, 11) is 0. The molecule has 8 heteroatoms. The van der Waals surface area contributed by atoms with E-state index in [9.17, 15) is 14.0 Å². The number of carbonyl (C=O) groups is 2. The standard InChI is InChI=1S/C17H17BrFN3O3/c18-15-6-5-14(25-15)17(24)22-9-7-21(8-10-22)11-16(23)20-13-3-1-12(19)2-4-13/h1-6H,7-11H2,(H,20,23)/p+1. The molecule has 2 amide bonds. The molecule has 0 atom stereocenters. The van der Waals surface area contributed by atoms with E-state index >= 15 is 0 Å². The number of carbonyl (C=O) groups excluding carboxylic acids is 2. The number of nitrogens with one attached hydrogen (secondary N) is 2. The molecule has 0 spiro atoms. The molecule has 1 aliphatic heterocycles. The zero-order valence-electron chi connectivity index (χ0n) is 13.4. The Hall–Kier alpha value is -2.19. The number of nitrogens with zero attached hydrogens (tertiary/aromatic N) is 1. The van der Waals surface area contributed by atoms with Crippen LogP contribution in [0.4, 0.5) is 10.1 Å². The highest BCUT2D eigenvalue weighted by Crippen LogP contribution is 2.15. The first-order valence-electron chi connectivity index (χ1n) is 7.95. The van der Waals surface area contributed by atoms with Crippen LogP contribution in [0.2, 0.25) is 0 Å². The monoisotopic (exact) mass is 410 g/mol. The number of quaternary nitrogens is 1. The maximum atomic E-state index is 12.9. The van der Waals surface area contributed by atoms with Gasteiger partial charge in [0, 0.05) is 5.69 Å². The number of hydrogen-bond acceptors (Lipinski definition) is 3. The van der Waals surface area contributed by atoms with E-state index in [1.807, 2.05) is 0 Å². The summed E-state index contributed by atoms with van der Waals surface area (Å²) in [6.45, 7) is 2.81. The number of hydrogen-bond donors (Lipinski definition) is 2. The Bertz CT molecular complexity index is 755. The van der Waals surface area contributed by atoms with E-state index in [2.05, 4.69) is 21.2 Å². The topological polar surface area (TPSA) is 67.0 Å². The summed E-state index contributed by atoms with van der Waals surface area (Å²) in [5.41, 5.74) is 0.572. The minimum atomic E-state index is -0.340. The van der Waals surface area contributed by atoms with Crippen molar-refractivity contribution in [2.24, 2.45) is 0 Å². The van der Waals surface area contributed by atoms with Gasteiger partial charge in [0.2, 0.25) is 0 Å². The number of halogens is 2. The van der Waals surface area contributed by atoms with Crippen LogP contribution >= 0.6 is 15.9 Å². The quantitative estimate of drug-likeness (QED) is 0.794. The Kier molecular flexibility index (Phi) is 5.50. The largest absolute Gasteiger partial charge is 0.444 e. The molecule has 3 rings (SSSR count). The molecule has 1 fully saturated rings. The first-order chi connectivity index (χ1) is 12.0. The molecular weight excluding hydrogens is 393 g/mol. The Morgan fingerprint density at radius 1 is 1.16 bits per heavy atom. The molecule has 2 aromatic rings. The molecule has 25 heavy (non-hydrogen) atoms. The number of amides is 2. The van der Waals surface area contributed by atoms with Crippen LogP contribution in [0.5, 0.6) is 0 Å². The predicted molar refractivity (Wildman–Crippen MR) is 92.9 cm³/mol. The third kappa shape index (κ3) is 4.67. The lowest BCUT2D eigenvalue weighted by molar-refractivity contribution is -0.895. The summed E-state index contributed by atoms with van der Waals surface area (Å²) >= 11 is 3.19. The van der Waals surface area contributed by atoms with Gasteiger partial charge in [0.1, 0.15) is 5.82 Å². The molecule has 0 unspecified atom stereocenters. The van der Waals surface area contributed by atoms with Crippen LogP contribution in [0.3, 0.4) is 0 Å². The maximum Gasteiger partial charge on any atom is 0.290 e. The lowest BCUT2D eigenvalue weighted by Crippen LogP contribution is -3.15. The van der Waals surface area contributed by atoms with Crippen molar-refractivity contribution in [3.63, 3.8) is 0 Å². The molecule has 0 saturated carbocycles. The maximum absolute atomic E-state index is 12.9. The molecule has 1 aliphatic rings. The van der Waals surface area contributed by atoms with Crippen molar-refractivity contribution in [3.05, 3.63) is 52.6 Å². The predicted octanol–water partition coefficient (Wildman–Crippen LogP) is 1.16. The van der Waals surface area contributed by atoms with Crippen molar-refractivity contribution >= 4 is 33.4 Å². The van der Waals surface area contributed by atoms with Gasteiger partial charge in [-0.05, 0) is 52.3 Å². The number of rotatable bonds is 4. The van der Waals surface area contributed by atoms with Crippen molar-refractivity contribution in [1.82, 2.24) is 4.90 Å². The first kappa shape index (κ1) is 17.6. The van der Waals surface area contributed by atoms with Gasteiger partial charge in [-0.1, -0.05) is 0 Å². The van der Waals surface area contributed by atoms with Crippen LogP contribution in [0.1, 0.15) is 10.6 Å². The van der Waals surface area contributed by atoms with Crippen LogP contribution in [0, 0.1) is 5.82 Å². The van der Waals surface area contributed by atoms with Crippen molar-refractivity contribution in [2.45, 2.75) is 0 Å².